The van der Waals surface area contributed by atoms with Crippen molar-refractivity contribution in [3.63, 3.8) is 0 Å². The second-order valence-corrected chi connectivity index (χ2v) is 8.86. The maximum absolute atomic E-state index is 13.5. The zero-order valence-electron chi connectivity index (χ0n) is 21.3. The number of rotatable bonds is 9. The van der Waals surface area contributed by atoms with Gasteiger partial charge in [0.15, 0.2) is 18.1 Å². The maximum atomic E-state index is 13.5. The molecule has 0 aliphatic carbocycles. The fraction of sp³-hybridized carbons (Fsp3) is 0.138. The van der Waals surface area contributed by atoms with Crippen molar-refractivity contribution < 1.29 is 45.5 Å². The molecule has 4 aromatic rings. The minimum atomic E-state index is -4.86. The molecule has 0 spiro atoms. The lowest BCUT2D eigenvalue weighted by Gasteiger charge is -2.17. The van der Waals surface area contributed by atoms with Crippen molar-refractivity contribution in [1.82, 2.24) is 0 Å². The molecular weight excluding hydrogens is 570 g/mol. The van der Waals surface area contributed by atoms with E-state index in [9.17, 15) is 41.3 Å². The van der Waals surface area contributed by atoms with Crippen molar-refractivity contribution >= 4 is 17.3 Å². The van der Waals surface area contributed by atoms with Crippen LogP contribution in [0.2, 0.25) is 0 Å². The Morgan fingerprint density at radius 3 is 2.00 bits per heavy atom. The van der Waals surface area contributed by atoms with Crippen molar-refractivity contribution in [1.29, 1.82) is 0 Å². The first-order valence-corrected chi connectivity index (χ1v) is 12.1. The minimum absolute atomic E-state index is 0.141. The second kappa shape index (κ2) is 12.2. The zero-order chi connectivity index (χ0) is 30.5. The monoisotopic (exact) mass is 590 g/mol. The number of anilines is 1. The SMILES string of the molecule is O=C(COc1ccc(C(F)(F)F)cc1[N+](=O)[O-])Nc1cc(C(F)(F)F)ccc1Oc1ccccc1Cc1ccccc1. The number of nitro benzene ring substituents is 1. The van der Waals surface area contributed by atoms with Gasteiger partial charge in [0.2, 0.25) is 0 Å². The first kappa shape index (κ1) is 29.9. The third-order valence-corrected chi connectivity index (χ3v) is 5.85. The average molecular weight is 590 g/mol. The van der Waals surface area contributed by atoms with Gasteiger partial charge in [0.25, 0.3) is 5.91 Å². The number of carbonyl (C=O) groups excluding carboxylic acids is 1. The van der Waals surface area contributed by atoms with Gasteiger partial charge in [-0.05, 0) is 47.5 Å². The lowest BCUT2D eigenvalue weighted by molar-refractivity contribution is -0.386. The molecule has 1 amide bonds. The molecule has 0 heterocycles. The van der Waals surface area contributed by atoms with E-state index in [2.05, 4.69) is 5.32 Å². The normalized spacial score (nSPS) is 11.6. The van der Waals surface area contributed by atoms with Gasteiger partial charge in [-0.25, -0.2) is 0 Å². The van der Waals surface area contributed by atoms with E-state index in [0.717, 1.165) is 17.7 Å². The standard InChI is InChI=1S/C29H20F6N2O5/c30-28(31,32)20-10-12-25(42-24-9-5-4-8-19(24)14-18-6-2-1-3-7-18)22(15-20)36-27(38)17-41-26-13-11-21(29(33,34)35)16-23(26)37(39)40/h1-13,15-16H,14,17H2,(H,36,38). The summed E-state index contributed by atoms with van der Waals surface area (Å²) in [5.41, 5.74) is -2.17. The van der Waals surface area contributed by atoms with Crippen LogP contribution in [0.3, 0.4) is 0 Å². The number of nitrogens with zero attached hydrogens (tertiary/aromatic N) is 1. The molecule has 0 aliphatic heterocycles. The highest BCUT2D eigenvalue weighted by atomic mass is 19.4. The molecule has 218 valence electrons. The summed E-state index contributed by atoms with van der Waals surface area (Å²) in [5, 5.41) is 13.5. The quantitative estimate of drug-likeness (QED) is 0.121. The summed E-state index contributed by atoms with van der Waals surface area (Å²) in [6, 6.07) is 20.0. The van der Waals surface area contributed by atoms with Gasteiger partial charge in [0, 0.05) is 12.5 Å². The van der Waals surface area contributed by atoms with E-state index < -0.39 is 52.4 Å². The maximum Gasteiger partial charge on any atom is 0.416 e. The molecule has 0 atom stereocenters. The van der Waals surface area contributed by atoms with Gasteiger partial charge in [-0.3, -0.25) is 14.9 Å². The Kier molecular flexibility index (Phi) is 8.69. The molecular formula is C29H20F6N2O5. The number of ether oxygens (including phenoxy) is 2. The van der Waals surface area contributed by atoms with Gasteiger partial charge in [0.05, 0.1) is 21.7 Å². The van der Waals surface area contributed by atoms with Crippen LogP contribution in [0, 0.1) is 10.1 Å². The third kappa shape index (κ3) is 7.56. The zero-order valence-corrected chi connectivity index (χ0v) is 21.3. The van der Waals surface area contributed by atoms with Crippen molar-refractivity contribution in [3.8, 4) is 17.2 Å². The number of hydrogen-bond acceptors (Lipinski definition) is 5. The number of para-hydroxylation sites is 1. The van der Waals surface area contributed by atoms with Crippen LogP contribution < -0.4 is 14.8 Å². The highest BCUT2D eigenvalue weighted by molar-refractivity contribution is 5.93. The highest BCUT2D eigenvalue weighted by Gasteiger charge is 2.34. The largest absolute Gasteiger partial charge is 0.477 e. The molecule has 0 radical (unpaired) electrons. The van der Waals surface area contributed by atoms with Crippen LogP contribution >= 0.6 is 0 Å². The number of benzene rings is 4. The molecule has 4 rings (SSSR count). The number of nitrogens with one attached hydrogen (secondary N) is 1. The van der Waals surface area contributed by atoms with Crippen LogP contribution in [0.1, 0.15) is 22.3 Å². The van der Waals surface area contributed by atoms with E-state index >= 15 is 0 Å². The number of halogens is 6. The van der Waals surface area contributed by atoms with E-state index in [-0.39, 0.29) is 17.5 Å². The van der Waals surface area contributed by atoms with E-state index in [4.69, 9.17) is 9.47 Å². The number of hydrogen-bond donors (Lipinski definition) is 1. The lowest BCUT2D eigenvalue weighted by Crippen LogP contribution is -2.21. The smallest absolute Gasteiger partial charge is 0.416 e. The molecule has 0 fully saturated rings. The second-order valence-electron chi connectivity index (χ2n) is 8.86. The Morgan fingerprint density at radius 1 is 0.762 bits per heavy atom. The Bertz CT molecular complexity index is 1590. The number of nitro groups is 1. The Balaban J connectivity index is 1.57. The molecule has 1 N–H and O–H groups in total. The van der Waals surface area contributed by atoms with Crippen LogP contribution in [0.15, 0.2) is 91.0 Å². The summed E-state index contributed by atoms with van der Waals surface area (Å²) in [6.45, 7) is -0.966. The summed E-state index contributed by atoms with van der Waals surface area (Å²) < 4.78 is 90.2. The number of amides is 1. The van der Waals surface area contributed by atoms with Gasteiger partial charge in [-0.2, -0.15) is 26.3 Å². The van der Waals surface area contributed by atoms with Crippen molar-refractivity contribution in [2.24, 2.45) is 0 Å². The topological polar surface area (TPSA) is 90.7 Å². The molecule has 0 unspecified atom stereocenters. The molecule has 13 heteroatoms. The summed E-state index contributed by atoms with van der Waals surface area (Å²) in [6.07, 6.45) is -9.18. The van der Waals surface area contributed by atoms with Gasteiger partial charge in [-0.1, -0.05) is 48.5 Å². The van der Waals surface area contributed by atoms with E-state index in [1.165, 1.54) is 0 Å². The minimum Gasteiger partial charge on any atom is -0.477 e. The van der Waals surface area contributed by atoms with Gasteiger partial charge in [0.1, 0.15) is 5.75 Å². The number of carbonyl (C=O) groups is 1. The number of alkyl halides is 6. The van der Waals surface area contributed by atoms with Crippen LogP contribution in [0.5, 0.6) is 17.2 Å². The van der Waals surface area contributed by atoms with Crippen molar-refractivity contribution in [2.45, 2.75) is 18.8 Å². The molecule has 4 aromatic carbocycles. The summed E-state index contributed by atoms with van der Waals surface area (Å²) in [5.74, 6) is -1.52. The summed E-state index contributed by atoms with van der Waals surface area (Å²) >= 11 is 0. The molecule has 0 saturated carbocycles. The molecule has 0 saturated heterocycles. The predicted molar refractivity (Wildman–Crippen MR) is 139 cm³/mol. The first-order valence-electron chi connectivity index (χ1n) is 12.1. The fourth-order valence-electron chi connectivity index (χ4n) is 3.86. The Labute approximate surface area is 234 Å². The lowest BCUT2D eigenvalue weighted by atomic mass is 10.0. The highest BCUT2D eigenvalue weighted by Crippen LogP contribution is 2.39. The van der Waals surface area contributed by atoms with Crippen molar-refractivity contribution in [2.75, 3.05) is 11.9 Å². The Morgan fingerprint density at radius 2 is 1.36 bits per heavy atom. The molecule has 0 aromatic heterocycles. The van der Waals surface area contributed by atoms with Gasteiger partial charge in [-0.15, -0.1) is 0 Å². The van der Waals surface area contributed by atoms with Crippen LogP contribution in [-0.4, -0.2) is 17.4 Å². The van der Waals surface area contributed by atoms with Crippen LogP contribution in [0.25, 0.3) is 0 Å². The molecule has 0 aliphatic rings. The van der Waals surface area contributed by atoms with E-state index in [1.807, 2.05) is 30.3 Å². The van der Waals surface area contributed by atoms with E-state index in [1.54, 1.807) is 24.3 Å². The summed E-state index contributed by atoms with van der Waals surface area (Å²) in [7, 11) is 0. The Hall–Kier alpha value is -5.07. The average Bonchev–Trinajstić information content (AvgIpc) is 2.93. The molecule has 42 heavy (non-hydrogen) atoms. The van der Waals surface area contributed by atoms with Gasteiger partial charge >= 0.3 is 18.0 Å². The van der Waals surface area contributed by atoms with Crippen LogP contribution in [-0.2, 0) is 23.6 Å². The van der Waals surface area contributed by atoms with E-state index in [0.29, 0.717) is 35.9 Å². The fourth-order valence-corrected chi connectivity index (χ4v) is 3.86. The molecule has 7 nitrogen and oxygen atoms in total. The first-order chi connectivity index (χ1) is 19.8. The van der Waals surface area contributed by atoms with Crippen molar-refractivity contribution in [3.05, 3.63) is 123 Å². The van der Waals surface area contributed by atoms with Crippen LogP contribution in [0.4, 0.5) is 37.7 Å². The third-order valence-electron chi connectivity index (χ3n) is 5.85. The predicted octanol–water partition coefficient (Wildman–Crippen LogP) is 8.03. The summed E-state index contributed by atoms with van der Waals surface area (Å²) in [4.78, 5) is 22.8. The molecule has 0 bridgehead atoms. The van der Waals surface area contributed by atoms with Gasteiger partial charge < -0.3 is 14.8 Å².